The van der Waals surface area contributed by atoms with Crippen molar-refractivity contribution in [2.45, 2.75) is 13.0 Å². The smallest absolute Gasteiger partial charge is 0.179 e. The second-order valence-corrected chi connectivity index (χ2v) is 4.15. The van der Waals surface area contributed by atoms with Crippen molar-refractivity contribution in [2.75, 3.05) is 11.4 Å². The Labute approximate surface area is 109 Å². The molecule has 92 valence electrons. The van der Waals surface area contributed by atoms with E-state index < -0.39 is 0 Å². The summed E-state index contributed by atoms with van der Waals surface area (Å²) in [5.74, 6) is 0.607. The molecule has 1 aliphatic rings. The summed E-state index contributed by atoms with van der Waals surface area (Å²) < 4.78 is 0. The van der Waals surface area contributed by atoms with Gasteiger partial charge in [-0.05, 0) is 0 Å². The fourth-order valence-electron chi connectivity index (χ4n) is 2.10. The number of fused-ring (bicyclic) bond motifs is 1. The van der Waals surface area contributed by atoms with E-state index in [1.54, 1.807) is 6.33 Å². The highest BCUT2D eigenvalue weighted by Gasteiger charge is 2.20. The van der Waals surface area contributed by atoms with Crippen LogP contribution in [0, 0.1) is 22.7 Å². The number of H-pyrrole nitrogens is 1. The Morgan fingerprint density at radius 2 is 2.05 bits per heavy atom. The monoisotopic (exact) mass is 251 g/mol. The third kappa shape index (κ3) is 1.87. The minimum Gasteiger partial charge on any atom is -0.349 e. The Morgan fingerprint density at radius 3 is 2.84 bits per heavy atom. The number of aromatic nitrogens is 4. The minimum absolute atomic E-state index is 0.0606. The van der Waals surface area contributed by atoms with Crippen molar-refractivity contribution in [3.05, 3.63) is 35.3 Å². The fourth-order valence-corrected chi connectivity index (χ4v) is 2.10. The van der Waals surface area contributed by atoms with Crippen LogP contribution in [0.5, 0.6) is 0 Å². The van der Waals surface area contributed by atoms with Gasteiger partial charge >= 0.3 is 0 Å². The van der Waals surface area contributed by atoms with E-state index in [1.807, 2.05) is 17.0 Å². The number of imidazole rings is 1. The van der Waals surface area contributed by atoms with Crippen LogP contribution in [-0.4, -0.2) is 26.5 Å². The molecule has 7 heteroatoms. The van der Waals surface area contributed by atoms with E-state index in [1.165, 1.54) is 6.20 Å². The summed E-state index contributed by atoms with van der Waals surface area (Å²) in [6.07, 6.45) is 4.03. The van der Waals surface area contributed by atoms with E-state index in [4.69, 9.17) is 10.5 Å². The van der Waals surface area contributed by atoms with Gasteiger partial charge < -0.3 is 9.88 Å². The number of nitrogens with zero attached hydrogens (tertiary/aromatic N) is 6. The summed E-state index contributed by atoms with van der Waals surface area (Å²) in [4.78, 5) is 17.5. The summed E-state index contributed by atoms with van der Waals surface area (Å²) in [6, 6.07) is 3.75. The topological polar surface area (TPSA) is 105 Å². The summed E-state index contributed by atoms with van der Waals surface area (Å²) >= 11 is 0. The van der Waals surface area contributed by atoms with E-state index in [0.717, 1.165) is 24.4 Å². The molecule has 2 aromatic rings. The van der Waals surface area contributed by atoms with E-state index in [-0.39, 0.29) is 11.4 Å². The van der Waals surface area contributed by atoms with E-state index in [0.29, 0.717) is 12.4 Å². The largest absolute Gasteiger partial charge is 0.349 e. The molecule has 0 aliphatic carbocycles. The molecule has 3 heterocycles. The van der Waals surface area contributed by atoms with Gasteiger partial charge in [0.2, 0.25) is 0 Å². The maximum Gasteiger partial charge on any atom is 0.179 e. The highest BCUT2D eigenvalue weighted by molar-refractivity contribution is 5.45. The van der Waals surface area contributed by atoms with Crippen molar-refractivity contribution in [1.29, 1.82) is 10.5 Å². The number of aromatic amines is 1. The predicted molar refractivity (Wildman–Crippen MR) is 64.8 cm³/mol. The molecule has 0 atom stereocenters. The molecular formula is C12H9N7. The second-order valence-electron chi connectivity index (χ2n) is 4.15. The average Bonchev–Trinajstić information content (AvgIpc) is 2.93. The van der Waals surface area contributed by atoms with Crippen molar-refractivity contribution in [3.63, 3.8) is 0 Å². The molecule has 0 fully saturated rings. The molecule has 0 unspecified atom stereocenters. The summed E-state index contributed by atoms with van der Waals surface area (Å²) in [7, 11) is 0. The van der Waals surface area contributed by atoms with Gasteiger partial charge in [-0.3, -0.25) is 0 Å². The lowest BCUT2D eigenvalue weighted by atomic mass is 10.1. The maximum absolute atomic E-state index is 8.96. The van der Waals surface area contributed by atoms with E-state index in [9.17, 15) is 0 Å². The van der Waals surface area contributed by atoms with Gasteiger partial charge in [0, 0.05) is 13.0 Å². The van der Waals surface area contributed by atoms with Crippen LogP contribution in [0.3, 0.4) is 0 Å². The highest BCUT2D eigenvalue weighted by atomic mass is 15.2. The first kappa shape index (κ1) is 11.2. The lowest BCUT2D eigenvalue weighted by Gasteiger charge is -2.26. The molecule has 0 spiro atoms. The molecule has 7 nitrogen and oxygen atoms in total. The summed E-state index contributed by atoms with van der Waals surface area (Å²) in [6.45, 7) is 1.42. The number of hydrogen-bond donors (Lipinski definition) is 1. The van der Waals surface area contributed by atoms with Crippen molar-refractivity contribution >= 4 is 5.82 Å². The Morgan fingerprint density at radius 1 is 1.21 bits per heavy atom. The van der Waals surface area contributed by atoms with Gasteiger partial charge in [0.15, 0.2) is 11.4 Å². The molecule has 0 amide bonds. The standard InChI is InChI=1S/C12H9N7/c13-3-9-10(4-14)18-12(5-15-9)19-2-1-8-11(6-19)17-7-16-8/h5,7H,1-2,6H2,(H,16,17). The normalized spacial score (nSPS) is 13.5. The molecule has 0 saturated heterocycles. The zero-order valence-corrected chi connectivity index (χ0v) is 9.96. The fraction of sp³-hybridized carbons (Fsp3) is 0.250. The molecule has 0 aromatic carbocycles. The van der Waals surface area contributed by atoms with Crippen LogP contribution in [0.1, 0.15) is 22.8 Å². The Balaban J connectivity index is 1.93. The summed E-state index contributed by atoms with van der Waals surface area (Å²) in [5, 5.41) is 17.8. The predicted octanol–water partition coefficient (Wildman–Crippen LogP) is 0.506. The zero-order valence-electron chi connectivity index (χ0n) is 9.96. The maximum atomic E-state index is 8.96. The van der Waals surface area contributed by atoms with Crippen LogP contribution < -0.4 is 4.90 Å². The Hall–Kier alpha value is -2.93. The molecule has 0 bridgehead atoms. The molecule has 1 aliphatic heterocycles. The van der Waals surface area contributed by atoms with Gasteiger partial charge in [-0.25, -0.2) is 15.0 Å². The number of rotatable bonds is 1. The summed E-state index contributed by atoms with van der Waals surface area (Å²) in [5.41, 5.74) is 2.25. The SMILES string of the molecule is N#Cc1ncc(N2CCc3nc[nH]c3C2)nc1C#N. The second kappa shape index (κ2) is 4.39. The van der Waals surface area contributed by atoms with Gasteiger partial charge in [0.1, 0.15) is 18.0 Å². The molecule has 19 heavy (non-hydrogen) atoms. The molecule has 0 radical (unpaired) electrons. The van der Waals surface area contributed by atoms with Gasteiger partial charge in [-0.1, -0.05) is 0 Å². The van der Waals surface area contributed by atoms with Crippen LogP contribution in [-0.2, 0) is 13.0 Å². The number of nitriles is 2. The number of nitrogens with one attached hydrogen (secondary N) is 1. The number of hydrogen-bond acceptors (Lipinski definition) is 6. The average molecular weight is 251 g/mol. The third-order valence-corrected chi connectivity index (χ3v) is 3.07. The Kier molecular flexibility index (Phi) is 2.58. The van der Waals surface area contributed by atoms with Crippen LogP contribution in [0.4, 0.5) is 5.82 Å². The lowest BCUT2D eigenvalue weighted by molar-refractivity contribution is 0.698. The quantitative estimate of drug-likeness (QED) is 0.791. The van der Waals surface area contributed by atoms with Gasteiger partial charge in [0.25, 0.3) is 0 Å². The minimum atomic E-state index is 0.0606. The lowest BCUT2D eigenvalue weighted by Crippen LogP contribution is -2.31. The van der Waals surface area contributed by atoms with Crippen molar-refractivity contribution < 1.29 is 0 Å². The first-order chi connectivity index (χ1) is 9.31. The number of anilines is 1. The van der Waals surface area contributed by atoms with Crippen LogP contribution in [0.2, 0.25) is 0 Å². The third-order valence-electron chi connectivity index (χ3n) is 3.07. The van der Waals surface area contributed by atoms with Crippen molar-refractivity contribution in [1.82, 2.24) is 19.9 Å². The van der Waals surface area contributed by atoms with E-state index >= 15 is 0 Å². The van der Waals surface area contributed by atoms with Gasteiger partial charge in [0.05, 0.1) is 30.5 Å². The first-order valence-corrected chi connectivity index (χ1v) is 5.75. The van der Waals surface area contributed by atoms with Crippen LogP contribution >= 0.6 is 0 Å². The zero-order chi connectivity index (χ0) is 13.2. The highest BCUT2D eigenvalue weighted by Crippen LogP contribution is 2.20. The molecule has 2 aromatic heterocycles. The molecular weight excluding hydrogens is 242 g/mol. The van der Waals surface area contributed by atoms with Gasteiger partial charge in [-0.2, -0.15) is 10.5 Å². The molecule has 0 saturated carbocycles. The van der Waals surface area contributed by atoms with E-state index in [2.05, 4.69) is 19.9 Å². The van der Waals surface area contributed by atoms with Crippen molar-refractivity contribution in [3.8, 4) is 12.1 Å². The molecule has 1 N–H and O–H groups in total. The Bertz CT molecular complexity index is 704. The van der Waals surface area contributed by atoms with Crippen LogP contribution in [0.15, 0.2) is 12.5 Å². The molecule has 3 rings (SSSR count). The van der Waals surface area contributed by atoms with Crippen molar-refractivity contribution in [2.24, 2.45) is 0 Å². The first-order valence-electron chi connectivity index (χ1n) is 5.75. The van der Waals surface area contributed by atoms with Gasteiger partial charge in [-0.15, -0.1) is 0 Å². The van der Waals surface area contributed by atoms with Crippen LogP contribution in [0.25, 0.3) is 0 Å².